The van der Waals surface area contributed by atoms with Crippen molar-refractivity contribution in [3.05, 3.63) is 46.6 Å². The van der Waals surface area contributed by atoms with E-state index in [0.29, 0.717) is 11.8 Å². The van der Waals surface area contributed by atoms with Crippen LogP contribution >= 0.6 is 11.6 Å². The Morgan fingerprint density at radius 1 is 1.24 bits per heavy atom. The van der Waals surface area contributed by atoms with Gasteiger partial charge in [-0.05, 0) is 42.9 Å². The summed E-state index contributed by atoms with van der Waals surface area (Å²) >= 11 is 5.92. The highest BCUT2D eigenvalue weighted by Gasteiger charge is 2.25. The highest BCUT2D eigenvalue weighted by atomic mass is 35.5. The topological polar surface area (TPSA) is 42.2 Å². The molecule has 0 amide bonds. The van der Waals surface area contributed by atoms with Crippen LogP contribution in [0.4, 0.5) is 0 Å². The molecular weight excluding hydrogens is 286 g/mol. The number of rotatable bonds is 7. The molecule has 1 fully saturated rings. The molecule has 0 aliphatic heterocycles. The zero-order valence-electron chi connectivity index (χ0n) is 12.3. The van der Waals surface area contributed by atoms with Crippen molar-refractivity contribution in [3.8, 4) is 0 Å². The lowest BCUT2D eigenvalue weighted by Gasteiger charge is -2.20. The van der Waals surface area contributed by atoms with Gasteiger partial charge in [0.2, 0.25) is 11.8 Å². The van der Waals surface area contributed by atoms with Crippen molar-refractivity contribution in [1.82, 2.24) is 15.1 Å². The van der Waals surface area contributed by atoms with Crippen LogP contribution < -0.4 is 0 Å². The van der Waals surface area contributed by atoms with Crippen LogP contribution in [0, 0.1) is 12.8 Å². The van der Waals surface area contributed by atoms with Crippen molar-refractivity contribution >= 4 is 11.6 Å². The molecule has 1 aromatic carbocycles. The summed E-state index contributed by atoms with van der Waals surface area (Å²) in [5.41, 5.74) is 1.31. The third-order valence-corrected chi connectivity index (χ3v) is 4.02. The van der Waals surface area contributed by atoms with Gasteiger partial charge in [-0.25, -0.2) is 0 Å². The maximum Gasteiger partial charge on any atom is 0.230 e. The van der Waals surface area contributed by atoms with Gasteiger partial charge in [-0.2, -0.15) is 0 Å². The van der Waals surface area contributed by atoms with E-state index in [0.717, 1.165) is 37.0 Å². The fourth-order valence-corrected chi connectivity index (χ4v) is 2.56. The monoisotopic (exact) mass is 305 g/mol. The summed E-state index contributed by atoms with van der Waals surface area (Å²) < 4.78 is 5.50. The Kier molecular flexibility index (Phi) is 4.56. The number of halogens is 1. The molecule has 4 nitrogen and oxygen atoms in total. The number of hydrogen-bond acceptors (Lipinski definition) is 4. The van der Waals surface area contributed by atoms with Gasteiger partial charge in [-0.15, -0.1) is 10.2 Å². The van der Waals surface area contributed by atoms with Crippen LogP contribution in [0.15, 0.2) is 28.7 Å². The highest BCUT2D eigenvalue weighted by Crippen LogP contribution is 2.30. The van der Waals surface area contributed by atoms with Crippen LogP contribution in [0.2, 0.25) is 5.02 Å². The summed E-state index contributed by atoms with van der Waals surface area (Å²) in [6, 6.07) is 8.08. The van der Waals surface area contributed by atoms with E-state index in [1.807, 2.05) is 19.1 Å². The first kappa shape index (κ1) is 14.5. The molecule has 0 N–H and O–H groups in total. The molecule has 0 unspecified atom stereocenters. The van der Waals surface area contributed by atoms with E-state index < -0.39 is 0 Å². The van der Waals surface area contributed by atoms with E-state index in [-0.39, 0.29) is 0 Å². The Bertz CT molecular complexity index is 577. The smallest absolute Gasteiger partial charge is 0.230 e. The first-order valence-electron chi connectivity index (χ1n) is 7.45. The second-order valence-corrected chi connectivity index (χ2v) is 6.21. The first-order valence-corrected chi connectivity index (χ1v) is 7.82. The number of hydrogen-bond donors (Lipinski definition) is 0. The molecular formula is C16H20ClN3O. The Hall–Kier alpha value is -1.39. The van der Waals surface area contributed by atoms with Gasteiger partial charge in [0.05, 0.1) is 6.54 Å². The van der Waals surface area contributed by atoms with E-state index in [2.05, 4.69) is 27.2 Å². The van der Waals surface area contributed by atoms with Crippen molar-refractivity contribution in [2.75, 3.05) is 13.1 Å². The Morgan fingerprint density at radius 2 is 2.00 bits per heavy atom. The van der Waals surface area contributed by atoms with Gasteiger partial charge >= 0.3 is 0 Å². The number of nitrogens with zero attached hydrogens (tertiary/aromatic N) is 3. The summed E-state index contributed by atoms with van der Waals surface area (Å²) in [7, 11) is 0. The number of aromatic nitrogens is 2. The van der Waals surface area contributed by atoms with E-state index in [9.17, 15) is 0 Å². The standard InChI is InChI=1S/C16H20ClN3O/c1-12-18-19-16(21-12)11-20(10-14-2-3-14)9-8-13-4-6-15(17)7-5-13/h4-7,14H,2-3,8-11H2,1H3. The van der Waals surface area contributed by atoms with Gasteiger partial charge in [-0.1, -0.05) is 23.7 Å². The van der Waals surface area contributed by atoms with Crippen LogP contribution in [-0.4, -0.2) is 28.2 Å². The molecule has 1 aromatic heterocycles. The van der Waals surface area contributed by atoms with Gasteiger partial charge in [0.15, 0.2) is 0 Å². The molecule has 0 radical (unpaired) electrons. The van der Waals surface area contributed by atoms with Crippen molar-refractivity contribution in [2.45, 2.75) is 32.7 Å². The molecule has 112 valence electrons. The third kappa shape index (κ3) is 4.55. The molecule has 0 bridgehead atoms. The van der Waals surface area contributed by atoms with Crippen molar-refractivity contribution in [1.29, 1.82) is 0 Å². The quantitative estimate of drug-likeness (QED) is 0.785. The van der Waals surface area contributed by atoms with Crippen LogP contribution in [-0.2, 0) is 13.0 Å². The lowest BCUT2D eigenvalue weighted by molar-refractivity contribution is 0.231. The zero-order valence-corrected chi connectivity index (χ0v) is 13.0. The SMILES string of the molecule is Cc1nnc(CN(CCc2ccc(Cl)cc2)CC2CC2)o1. The minimum absolute atomic E-state index is 0.633. The van der Waals surface area contributed by atoms with Gasteiger partial charge in [0.1, 0.15) is 0 Å². The lowest BCUT2D eigenvalue weighted by atomic mass is 10.1. The van der Waals surface area contributed by atoms with Gasteiger partial charge < -0.3 is 4.42 Å². The number of aryl methyl sites for hydroxylation is 1. The summed E-state index contributed by atoms with van der Waals surface area (Å²) in [6.45, 7) is 4.69. The lowest BCUT2D eigenvalue weighted by Crippen LogP contribution is -2.28. The Balaban J connectivity index is 1.57. The van der Waals surface area contributed by atoms with Crippen molar-refractivity contribution in [2.24, 2.45) is 5.92 Å². The minimum atomic E-state index is 0.633. The molecule has 3 rings (SSSR count). The summed E-state index contributed by atoms with van der Waals surface area (Å²) in [5, 5.41) is 8.80. The second kappa shape index (κ2) is 6.58. The fourth-order valence-electron chi connectivity index (χ4n) is 2.43. The molecule has 1 saturated carbocycles. The largest absolute Gasteiger partial charge is 0.424 e. The maximum atomic E-state index is 5.92. The van der Waals surface area contributed by atoms with Crippen LogP contribution in [0.25, 0.3) is 0 Å². The summed E-state index contributed by atoms with van der Waals surface area (Å²) in [4.78, 5) is 2.42. The zero-order chi connectivity index (χ0) is 14.7. The van der Waals surface area contributed by atoms with Gasteiger partial charge in [0.25, 0.3) is 0 Å². The molecule has 0 spiro atoms. The Labute approximate surface area is 130 Å². The molecule has 5 heteroatoms. The third-order valence-electron chi connectivity index (χ3n) is 3.77. The van der Waals surface area contributed by atoms with Crippen LogP contribution in [0.5, 0.6) is 0 Å². The van der Waals surface area contributed by atoms with E-state index in [1.165, 1.54) is 18.4 Å². The van der Waals surface area contributed by atoms with E-state index in [4.69, 9.17) is 16.0 Å². The molecule has 1 heterocycles. The summed E-state index contributed by atoms with van der Waals surface area (Å²) in [6.07, 6.45) is 3.71. The maximum absolute atomic E-state index is 5.92. The predicted octanol–water partition coefficient (Wildman–Crippen LogP) is 3.49. The van der Waals surface area contributed by atoms with Crippen molar-refractivity contribution < 1.29 is 4.42 Å². The van der Waals surface area contributed by atoms with Gasteiger partial charge in [-0.3, -0.25) is 4.90 Å². The van der Waals surface area contributed by atoms with Crippen LogP contribution in [0.3, 0.4) is 0 Å². The van der Waals surface area contributed by atoms with Crippen molar-refractivity contribution in [3.63, 3.8) is 0 Å². The molecule has 21 heavy (non-hydrogen) atoms. The van der Waals surface area contributed by atoms with Gasteiger partial charge in [0, 0.05) is 25.0 Å². The highest BCUT2D eigenvalue weighted by molar-refractivity contribution is 6.30. The molecule has 0 atom stereocenters. The fraction of sp³-hybridized carbons (Fsp3) is 0.500. The molecule has 1 aliphatic rings. The van der Waals surface area contributed by atoms with E-state index >= 15 is 0 Å². The number of benzene rings is 1. The molecule has 2 aromatic rings. The minimum Gasteiger partial charge on any atom is -0.424 e. The normalized spacial score (nSPS) is 14.8. The second-order valence-electron chi connectivity index (χ2n) is 5.77. The summed E-state index contributed by atoms with van der Waals surface area (Å²) in [5.74, 6) is 2.19. The molecule has 1 aliphatic carbocycles. The van der Waals surface area contributed by atoms with Crippen LogP contribution in [0.1, 0.15) is 30.2 Å². The molecule has 0 saturated heterocycles. The Morgan fingerprint density at radius 3 is 2.62 bits per heavy atom. The average molecular weight is 306 g/mol. The van der Waals surface area contributed by atoms with E-state index in [1.54, 1.807) is 0 Å². The first-order chi connectivity index (χ1) is 10.2. The predicted molar refractivity (Wildman–Crippen MR) is 82.2 cm³/mol. The average Bonchev–Trinajstić information content (AvgIpc) is 3.19.